The van der Waals surface area contributed by atoms with Crippen molar-refractivity contribution in [2.24, 2.45) is 17.8 Å². The summed E-state index contributed by atoms with van der Waals surface area (Å²) in [5.74, 6) is -1.70. The van der Waals surface area contributed by atoms with Crippen LogP contribution in [-0.4, -0.2) is 76.4 Å². The van der Waals surface area contributed by atoms with E-state index in [1.165, 1.54) is 16.7 Å². The molecule has 2 saturated heterocycles. The topological polar surface area (TPSA) is 107 Å². The zero-order chi connectivity index (χ0) is 22.3. The fraction of sp³-hybridized carbons (Fsp3) is 0.714. The van der Waals surface area contributed by atoms with E-state index in [0.717, 1.165) is 0 Å². The summed E-state index contributed by atoms with van der Waals surface area (Å²) in [6.45, 7) is 6.30. The van der Waals surface area contributed by atoms with E-state index in [0.29, 0.717) is 30.7 Å². The molecular weight excluding hydrogens is 406 g/mol. The van der Waals surface area contributed by atoms with Crippen LogP contribution in [0.2, 0.25) is 0 Å². The molecule has 0 aromatic rings. The molecule has 3 aliphatic rings. The van der Waals surface area contributed by atoms with Crippen LogP contribution < -0.4 is 5.32 Å². The predicted molar refractivity (Wildman–Crippen MR) is 114 cm³/mol. The van der Waals surface area contributed by atoms with Gasteiger partial charge in [-0.15, -0.1) is 11.8 Å². The van der Waals surface area contributed by atoms with Crippen molar-refractivity contribution in [3.05, 3.63) is 10.6 Å². The molecular formula is C21H31N3O5S. The number of aliphatic carboxylic acids is 1. The van der Waals surface area contributed by atoms with Crippen LogP contribution in [0.5, 0.6) is 0 Å². The van der Waals surface area contributed by atoms with Gasteiger partial charge < -0.3 is 20.2 Å². The summed E-state index contributed by atoms with van der Waals surface area (Å²) in [7, 11) is 3.44. The van der Waals surface area contributed by atoms with Crippen LogP contribution in [0.3, 0.4) is 0 Å². The van der Waals surface area contributed by atoms with Gasteiger partial charge >= 0.3 is 5.97 Å². The van der Waals surface area contributed by atoms with Gasteiger partial charge in [-0.05, 0) is 12.3 Å². The number of β-lactam (4-membered cyclic amide) rings is 1. The molecule has 3 rings (SSSR count). The molecule has 3 heterocycles. The normalized spacial score (nSPS) is 31.4. The molecule has 1 unspecified atom stereocenters. The molecule has 0 spiro atoms. The fourth-order valence-electron chi connectivity index (χ4n) is 4.87. The number of fused-ring (bicyclic) bond motifs is 1. The van der Waals surface area contributed by atoms with Crippen LogP contribution in [0.25, 0.3) is 0 Å². The summed E-state index contributed by atoms with van der Waals surface area (Å²) in [4.78, 5) is 52.7. The van der Waals surface area contributed by atoms with Crippen molar-refractivity contribution in [2.75, 3.05) is 20.6 Å². The van der Waals surface area contributed by atoms with Crippen molar-refractivity contribution < 1.29 is 24.3 Å². The summed E-state index contributed by atoms with van der Waals surface area (Å²) in [5, 5.41) is 13.1. The van der Waals surface area contributed by atoms with E-state index in [1.807, 2.05) is 20.8 Å². The van der Waals surface area contributed by atoms with Gasteiger partial charge in [0.2, 0.25) is 11.8 Å². The molecule has 166 valence electrons. The van der Waals surface area contributed by atoms with Crippen molar-refractivity contribution in [1.29, 1.82) is 0 Å². The molecule has 0 bridgehead atoms. The van der Waals surface area contributed by atoms with Crippen LogP contribution in [0.1, 0.15) is 40.0 Å². The lowest BCUT2D eigenvalue weighted by molar-refractivity contribution is -0.160. The van der Waals surface area contributed by atoms with Crippen LogP contribution in [0, 0.1) is 17.8 Å². The second kappa shape index (κ2) is 8.70. The second-order valence-corrected chi connectivity index (χ2v) is 10.1. The predicted octanol–water partition coefficient (Wildman–Crippen LogP) is 1.32. The highest BCUT2D eigenvalue weighted by Crippen LogP contribution is 2.53. The van der Waals surface area contributed by atoms with Gasteiger partial charge in [-0.2, -0.15) is 0 Å². The third-order valence-corrected chi connectivity index (χ3v) is 7.98. The van der Waals surface area contributed by atoms with Crippen LogP contribution >= 0.6 is 11.8 Å². The number of likely N-dealkylation sites (N-methyl/N-ethyl adjacent to an activating group) is 1. The number of amides is 2. The number of hydrogen-bond acceptors (Lipinski definition) is 6. The average molecular weight is 438 g/mol. The largest absolute Gasteiger partial charge is 0.477 e. The maximum atomic E-state index is 12.9. The van der Waals surface area contributed by atoms with E-state index in [2.05, 4.69) is 5.32 Å². The molecule has 30 heavy (non-hydrogen) atoms. The van der Waals surface area contributed by atoms with E-state index in [9.17, 15) is 24.3 Å². The monoisotopic (exact) mass is 437 g/mol. The maximum absolute atomic E-state index is 12.9. The molecule has 0 saturated carbocycles. The van der Waals surface area contributed by atoms with Crippen molar-refractivity contribution >= 4 is 35.3 Å². The van der Waals surface area contributed by atoms with E-state index in [1.54, 1.807) is 19.0 Å². The SMILES string of the molecule is CCC(=O)C[C@H](C)[C@H]1C(=O)N2C(C(=O)O)=C(S[C@@H]3CNC(C(=O)N(C)C)C3)[C@H](C)[C@H]12. The Morgan fingerprint density at radius 1 is 1.33 bits per heavy atom. The first-order valence-corrected chi connectivity index (χ1v) is 11.4. The van der Waals surface area contributed by atoms with Gasteiger partial charge in [0.25, 0.3) is 0 Å². The van der Waals surface area contributed by atoms with Crippen LogP contribution in [0.4, 0.5) is 0 Å². The Morgan fingerprint density at radius 2 is 2.00 bits per heavy atom. The number of rotatable bonds is 8. The number of thioether (sulfide) groups is 1. The summed E-state index contributed by atoms with van der Waals surface area (Å²) in [6, 6.07) is -0.478. The lowest BCUT2D eigenvalue weighted by Crippen LogP contribution is -2.62. The lowest BCUT2D eigenvalue weighted by atomic mass is 9.73. The molecule has 2 amide bonds. The maximum Gasteiger partial charge on any atom is 0.353 e. The standard InChI is InChI=1S/C21H31N3O5S/c1-6-12(25)7-10(2)15-16-11(3)18(17(21(28)29)24(16)20(15)27)30-13-8-14(22-9-13)19(26)23(4)5/h10-11,13-16,22H,6-9H2,1-5H3,(H,28,29)/t10-,11+,13-,14?,15+,16+/m0/s1. The van der Waals surface area contributed by atoms with E-state index in [-0.39, 0.29) is 58.4 Å². The highest BCUT2D eigenvalue weighted by atomic mass is 32.2. The smallest absolute Gasteiger partial charge is 0.353 e. The molecule has 0 aromatic heterocycles. The molecule has 3 aliphatic heterocycles. The number of nitrogens with zero attached hydrogens (tertiary/aromatic N) is 2. The first-order valence-electron chi connectivity index (χ1n) is 10.5. The molecule has 0 radical (unpaired) electrons. The van der Waals surface area contributed by atoms with E-state index >= 15 is 0 Å². The summed E-state index contributed by atoms with van der Waals surface area (Å²) in [5.41, 5.74) is 0.0788. The zero-order valence-electron chi connectivity index (χ0n) is 18.2. The molecule has 2 fully saturated rings. The van der Waals surface area contributed by atoms with Gasteiger partial charge in [-0.1, -0.05) is 20.8 Å². The van der Waals surface area contributed by atoms with Gasteiger partial charge in [0.1, 0.15) is 11.5 Å². The minimum absolute atomic E-state index is 0.0125. The van der Waals surface area contributed by atoms with E-state index < -0.39 is 5.97 Å². The Bertz CT molecular complexity index is 796. The molecule has 6 atom stereocenters. The molecule has 9 heteroatoms. The number of hydrogen-bond donors (Lipinski definition) is 2. The first kappa shape index (κ1) is 22.8. The van der Waals surface area contributed by atoms with Gasteiger partial charge in [-0.3, -0.25) is 14.4 Å². The highest BCUT2D eigenvalue weighted by molar-refractivity contribution is 8.03. The number of carbonyl (C=O) groups excluding carboxylic acids is 3. The Labute approximate surface area is 181 Å². The molecule has 0 aliphatic carbocycles. The molecule has 8 nitrogen and oxygen atoms in total. The van der Waals surface area contributed by atoms with Crippen molar-refractivity contribution in [3.8, 4) is 0 Å². The zero-order valence-corrected chi connectivity index (χ0v) is 19.0. The van der Waals surface area contributed by atoms with Gasteiger partial charge in [0, 0.05) is 49.6 Å². The quantitative estimate of drug-likeness (QED) is 0.552. The minimum atomic E-state index is -1.09. The first-order chi connectivity index (χ1) is 14.1. The number of ketones is 1. The lowest BCUT2D eigenvalue weighted by Gasteiger charge is -2.47. The third-order valence-electron chi connectivity index (χ3n) is 6.47. The summed E-state index contributed by atoms with van der Waals surface area (Å²) < 4.78 is 0. The third kappa shape index (κ3) is 3.89. The molecule has 2 N–H and O–H groups in total. The Hall–Kier alpha value is -1.87. The van der Waals surface area contributed by atoms with Crippen LogP contribution in [0.15, 0.2) is 10.6 Å². The summed E-state index contributed by atoms with van der Waals surface area (Å²) >= 11 is 1.48. The van der Waals surface area contributed by atoms with Gasteiger partial charge in [0.05, 0.1) is 18.0 Å². The second-order valence-electron chi connectivity index (χ2n) is 8.77. The number of carboxylic acids is 1. The Kier molecular flexibility index (Phi) is 6.62. The number of carboxylic acid groups (broad SMARTS) is 1. The van der Waals surface area contributed by atoms with E-state index in [4.69, 9.17) is 0 Å². The Balaban J connectivity index is 1.76. The minimum Gasteiger partial charge on any atom is -0.477 e. The number of Topliss-reactive ketones (excluding diaryl/α,β-unsaturated/α-hetero) is 1. The van der Waals surface area contributed by atoms with Crippen molar-refractivity contribution in [2.45, 2.75) is 57.4 Å². The van der Waals surface area contributed by atoms with Crippen LogP contribution in [-0.2, 0) is 19.2 Å². The summed E-state index contributed by atoms with van der Waals surface area (Å²) in [6.07, 6.45) is 1.40. The average Bonchev–Trinajstić information content (AvgIpc) is 3.23. The van der Waals surface area contributed by atoms with Gasteiger partial charge in [0.15, 0.2) is 0 Å². The van der Waals surface area contributed by atoms with Gasteiger partial charge in [-0.25, -0.2) is 4.79 Å². The number of carbonyl (C=O) groups is 4. The highest BCUT2D eigenvalue weighted by Gasteiger charge is 2.60. The van der Waals surface area contributed by atoms with Crippen molar-refractivity contribution in [1.82, 2.24) is 15.1 Å². The molecule has 0 aromatic carbocycles. The fourth-order valence-corrected chi connectivity index (χ4v) is 6.35. The van der Waals surface area contributed by atoms with Crippen molar-refractivity contribution in [3.63, 3.8) is 0 Å². The Morgan fingerprint density at radius 3 is 2.57 bits per heavy atom. The number of nitrogens with one attached hydrogen (secondary N) is 1.